The van der Waals surface area contributed by atoms with Gasteiger partial charge in [0.05, 0.1) is 6.04 Å². The van der Waals surface area contributed by atoms with Crippen molar-refractivity contribution in [3.63, 3.8) is 0 Å². The molecule has 1 N–H and O–H groups in total. The molecule has 78 valence electrons. The molecule has 4 nitrogen and oxygen atoms in total. The smallest absolute Gasteiger partial charge is 0.227 e. The Balaban J connectivity index is 1.94. The molecule has 0 bridgehead atoms. The van der Waals surface area contributed by atoms with Crippen LogP contribution < -0.4 is 5.32 Å². The van der Waals surface area contributed by atoms with E-state index in [0.29, 0.717) is 6.04 Å². The maximum Gasteiger partial charge on any atom is 0.227 e. The highest BCUT2D eigenvalue weighted by Crippen LogP contribution is 2.20. The Morgan fingerprint density at radius 1 is 1.64 bits per heavy atom. The molecule has 0 amide bonds. The minimum atomic E-state index is 0.321. The molecule has 1 saturated heterocycles. The van der Waals surface area contributed by atoms with Crippen molar-refractivity contribution in [2.75, 3.05) is 18.6 Å². The van der Waals surface area contributed by atoms with Crippen molar-refractivity contribution < 1.29 is 4.52 Å². The second-order valence-corrected chi connectivity index (χ2v) is 4.42. The number of rotatable bonds is 4. The van der Waals surface area contributed by atoms with Gasteiger partial charge in [-0.1, -0.05) is 5.16 Å². The Hall–Kier alpha value is -0.550. The first-order valence-corrected chi connectivity index (χ1v) is 6.34. The number of hydrogen-bond acceptors (Lipinski definition) is 5. The third-order valence-electron chi connectivity index (χ3n) is 2.38. The van der Waals surface area contributed by atoms with Gasteiger partial charge in [-0.05, 0) is 25.6 Å². The molecule has 1 fully saturated rings. The highest BCUT2D eigenvalue weighted by atomic mass is 32.2. The lowest BCUT2D eigenvalue weighted by molar-refractivity contribution is 0.372. The third kappa shape index (κ3) is 2.27. The zero-order valence-corrected chi connectivity index (χ0v) is 9.14. The molecular formula is C9H15N3OS. The molecule has 1 aliphatic heterocycles. The Bertz CT molecular complexity index is 283. The van der Waals surface area contributed by atoms with E-state index in [4.69, 9.17) is 4.52 Å². The first-order chi connectivity index (χ1) is 6.90. The zero-order chi connectivity index (χ0) is 9.80. The summed E-state index contributed by atoms with van der Waals surface area (Å²) in [6.07, 6.45) is 5.29. The summed E-state index contributed by atoms with van der Waals surface area (Å²) in [5.74, 6) is 2.64. The van der Waals surface area contributed by atoms with E-state index in [1.54, 1.807) is 11.8 Å². The standard InChI is InChI=1S/C9H15N3OS/c1-14-6-4-8-11-9(12-13-8)7-3-2-5-10-7/h7,10H,2-6H2,1H3. The quantitative estimate of drug-likeness (QED) is 0.819. The van der Waals surface area contributed by atoms with Crippen LogP contribution in [-0.4, -0.2) is 28.7 Å². The maximum absolute atomic E-state index is 5.16. The van der Waals surface area contributed by atoms with Crippen LogP contribution in [0.4, 0.5) is 0 Å². The fourth-order valence-electron chi connectivity index (χ4n) is 1.61. The normalized spacial score (nSPS) is 21.6. The van der Waals surface area contributed by atoms with E-state index in [-0.39, 0.29) is 0 Å². The Kier molecular flexibility index (Phi) is 3.42. The zero-order valence-electron chi connectivity index (χ0n) is 8.32. The van der Waals surface area contributed by atoms with Crippen LogP contribution in [0.3, 0.4) is 0 Å². The number of nitrogens with one attached hydrogen (secondary N) is 1. The van der Waals surface area contributed by atoms with E-state index in [0.717, 1.165) is 36.9 Å². The van der Waals surface area contributed by atoms with Crippen LogP contribution in [0.5, 0.6) is 0 Å². The van der Waals surface area contributed by atoms with E-state index in [9.17, 15) is 0 Å². The van der Waals surface area contributed by atoms with Gasteiger partial charge < -0.3 is 9.84 Å². The molecule has 1 atom stereocenters. The van der Waals surface area contributed by atoms with Crippen LogP contribution in [0.2, 0.25) is 0 Å². The molecule has 14 heavy (non-hydrogen) atoms. The Morgan fingerprint density at radius 2 is 2.57 bits per heavy atom. The van der Waals surface area contributed by atoms with Crippen molar-refractivity contribution in [3.8, 4) is 0 Å². The fraction of sp³-hybridized carbons (Fsp3) is 0.778. The van der Waals surface area contributed by atoms with Crippen molar-refractivity contribution >= 4 is 11.8 Å². The van der Waals surface area contributed by atoms with Gasteiger partial charge in [0.2, 0.25) is 5.89 Å². The van der Waals surface area contributed by atoms with E-state index in [1.807, 2.05) is 0 Å². The van der Waals surface area contributed by atoms with Gasteiger partial charge in [0.1, 0.15) is 0 Å². The van der Waals surface area contributed by atoms with Gasteiger partial charge in [-0.2, -0.15) is 16.7 Å². The van der Waals surface area contributed by atoms with Gasteiger partial charge in [-0.3, -0.25) is 0 Å². The highest BCUT2D eigenvalue weighted by molar-refractivity contribution is 7.98. The van der Waals surface area contributed by atoms with Crippen LogP contribution in [0, 0.1) is 0 Å². The molecule has 5 heteroatoms. The Morgan fingerprint density at radius 3 is 3.29 bits per heavy atom. The largest absolute Gasteiger partial charge is 0.339 e. The van der Waals surface area contributed by atoms with Gasteiger partial charge in [0.25, 0.3) is 0 Å². The van der Waals surface area contributed by atoms with Gasteiger partial charge in [-0.25, -0.2) is 0 Å². The van der Waals surface area contributed by atoms with Crippen LogP contribution >= 0.6 is 11.8 Å². The molecule has 0 spiro atoms. The molecule has 1 aromatic rings. The van der Waals surface area contributed by atoms with E-state index in [1.165, 1.54) is 6.42 Å². The summed E-state index contributed by atoms with van der Waals surface area (Å²) >= 11 is 1.79. The van der Waals surface area contributed by atoms with Crippen LogP contribution in [0.25, 0.3) is 0 Å². The SMILES string of the molecule is CSCCc1nc(C2CCCN2)no1. The van der Waals surface area contributed by atoms with Crippen LogP contribution in [-0.2, 0) is 6.42 Å². The molecule has 0 aliphatic carbocycles. The average Bonchev–Trinajstić information content (AvgIpc) is 2.85. The summed E-state index contributed by atoms with van der Waals surface area (Å²) in [6, 6.07) is 0.321. The minimum Gasteiger partial charge on any atom is -0.339 e. The van der Waals surface area contributed by atoms with Crippen molar-refractivity contribution in [2.45, 2.75) is 25.3 Å². The summed E-state index contributed by atoms with van der Waals surface area (Å²) in [5.41, 5.74) is 0. The van der Waals surface area contributed by atoms with Crippen LogP contribution in [0.15, 0.2) is 4.52 Å². The lowest BCUT2D eigenvalue weighted by Gasteiger charge is -2.01. The summed E-state index contributed by atoms with van der Waals surface area (Å²) < 4.78 is 5.16. The predicted molar refractivity (Wildman–Crippen MR) is 56.4 cm³/mol. The average molecular weight is 213 g/mol. The highest BCUT2D eigenvalue weighted by Gasteiger charge is 2.21. The topological polar surface area (TPSA) is 51.0 Å². The van der Waals surface area contributed by atoms with Crippen molar-refractivity contribution in [2.24, 2.45) is 0 Å². The first kappa shape index (κ1) is 9.98. The Labute approximate surface area is 87.8 Å². The van der Waals surface area contributed by atoms with E-state index >= 15 is 0 Å². The van der Waals surface area contributed by atoms with Gasteiger partial charge in [0, 0.05) is 12.2 Å². The lowest BCUT2D eigenvalue weighted by atomic mass is 10.2. The number of aromatic nitrogens is 2. The summed E-state index contributed by atoms with van der Waals surface area (Å²) in [5, 5.41) is 7.35. The van der Waals surface area contributed by atoms with Crippen LogP contribution in [0.1, 0.15) is 30.6 Å². The first-order valence-electron chi connectivity index (χ1n) is 4.95. The van der Waals surface area contributed by atoms with E-state index < -0.39 is 0 Å². The van der Waals surface area contributed by atoms with Gasteiger partial charge in [0.15, 0.2) is 5.82 Å². The second kappa shape index (κ2) is 4.79. The molecule has 2 heterocycles. The number of thioether (sulfide) groups is 1. The molecule has 0 saturated carbocycles. The number of aryl methyl sites for hydroxylation is 1. The molecule has 1 aromatic heterocycles. The third-order valence-corrected chi connectivity index (χ3v) is 2.99. The molecule has 1 aliphatic rings. The molecule has 2 rings (SSSR count). The van der Waals surface area contributed by atoms with Crippen molar-refractivity contribution in [1.82, 2.24) is 15.5 Å². The van der Waals surface area contributed by atoms with Gasteiger partial charge >= 0.3 is 0 Å². The summed E-state index contributed by atoms with van der Waals surface area (Å²) in [7, 11) is 0. The molecule has 1 unspecified atom stereocenters. The lowest BCUT2D eigenvalue weighted by Crippen LogP contribution is -2.14. The summed E-state index contributed by atoms with van der Waals surface area (Å²) in [6.45, 7) is 1.07. The molecule has 0 radical (unpaired) electrons. The monoisotopic (exact) mass is 213 g/mol. The van der Waals surface area contributed by atoms with E-state index in [2.05, 4.69) is 21.7 Å². The number of hydrogen-bond donors (Lipinski definition) is 1. The summed E-state index contributed by atoms with van der Waals surface area (Å²) in [4.78, 5) is 4.38. The van der Waals surface area contributed by atoms with Crippen molar-refractivity contribution in [1.29, 1.82) is 0 Å². The predicted octanol–water partition coefficient (Wildman–Crippen LogP) is 1.40. The second-order valence-electron chi connectivity index (χ2n) is 3.44. The minimum absolute atomic E-state index is 0.321. The van der Waals surface area contributed by atoms with Crippen molar-refractivity contribution in [3.05, 3.63) is 11.7 Å². The molecular weight excluding hydrogens is 198 g/mol. The number of nitrogens with zero attached hydrogens (tertiary/aromatic N) is 2. The maximum atomic E-state index is 5.16. The fourth-order valence-corrected chi connectivity index (χ4v) is 1.98. The van der Waals surface area contributed by atoms with Gasteiger partial charge in [-0.15, -0.1) is 0 Å². The molecule has 0 aromatic carbocycles.